The highest BCUT2D eigenvalue weighted by molar-refractivity contribution is 5.82. The highest BCUT2D eigenvalue weighted by atomic mass is 16.2. The first-order valence-electron chi connectivity index (χ1n) is 8.12. The van der Waals surface area contributed by atoms with E-state index in [9.17, 15) is 4.79 Å². The predicted molar refractivity (Wildman–Crippen MR) is 84.8 cm³/mol. The molecule has 1 aliphatic rings. The van der Waals surface area contributed by atoms with Crippen LogP contribution in [0.3, 0.4) is 0 Å². The van der Waals surface area contributed by atoms with E-state index >= 15 is 0 Å². The Hall–Kier alpha value is -1.42. The molecule has 1 aliphatic heterocycles. The smallest absolute Gasteiger partial charge is 0.229 e. The summed E-state index contributed by atoms with van der Waals surface area (Å²) < 4.78 is 0. The number of aromatic nitrogens is 1. The normalized spacial score (nSPS) is 17.4. The van der Waals surface area contributed by atoms with E-state index in [1.165, 1.54) is 0 Å². The van der Waals surface area contributed by atoms with Crippen LogP contribution >= 0.6 is 0 Å². The first-order chi connectivity index (χ1) is 10.2. The lowest BCUT2D eigenvalue weighted by Crippen LogP contribution is -2.49. The van der Waals surface area contributed by atoms with Crippen molar-refractivity contribution in [3.63, 3.8) is 0 Å². The Balaban J connectivity index is 2.13. The van der Waals surface area contributed by atoms with Gasteiger partial charge in [-0.1, -0.05) is 19.4 Å². The molecular weight excluding hydrogens is 262 g/mol. The Morgan fingerprint density at radius 2 is 2.10 bits per heavy atom. The Morgan fingerprint density at radius 1 is 1.33 bits per heavy atom. The molecule has 21 heavy (non-hydrogen) atoms. The summed E-state index contributed by atoms with van der Waals surface area (Å²) in [5.41, 5.74) is 0.804. The molecule has 1 N–H and O–H groups in total. The lowest BCUT2D eigenvalue weighted by atomic mass is 9.74. The molecule has 1 saturated heterocycles. The van der Waals surface area contributed by atoms with E-state index in [1.54, 1.807) is 6.20 Å². The summed E-state index contributed by atoms with van der Waals surface area (Å²) >= 11 is 0. The van der Waals surface area contributed by atoms with Gasteiger partial charge in [0, 0.05) is 12.7 Å². The highest BCUT2D eigenvalue weighted by Gasteiger charge is 2.40. The fourth-order valence-electron chi connectivity index (χ4n) is 3.30. The number of pyridine rings is 1. The number of nitrogens with zero attached hydrogens (tertiary/aromatic N) is 2. The minimum atomic E-state index is -0.162. The minimum absolute atomic E-state index is 0.162. The van der Waals surface area contributed by atoms with Crippen LogP contribution < -0.4 is 5.32 Å². The van der Waals surface area contributed by atoms with E-state index in [0.29, 0.717) is 12.5 Å². The van der Waals surface area contributed by atoms with Gasteiger partial charge in [0.25, 0.3) is 0 Å². The molecule has 4 nitrogen and oxygen atoms in total. The van der Waals surface area contributed by atoms with Crippen LogP contribution in [-0.4, -0.2) is 35.4 Å². The summed E-state index contributed by atoms with van der Waals surface area (Å²) in [6, 6.07) is 5.88. The number of amides is 1. The predicted octanol–water partition coefficient (Wildman–Crippen LogP) is 2.60. The van der Waals surface area contributed by atoms with Crippen LogP contribution in [0.25, 0.3) is 0 Å². The maximum absolute atomic E-state index is 13.1. The van der Waals surface area contributed by atoms with Gasteiger partial charge >= 0.3 is 0 Å². The van der Waals surface area contributed by atoms with Crippen LogP contribution in [0.5, 0.6) is 0 Å². The van der Waals surface area contributed by atoms with E-state index in [1.807, 2.05) is 23.1 Å². The molecule has 0 radical (unpaired) electrons. The van der Waals surface area contributed by atoms with Gasteiger partial charge in [-0.15, -0.1) is 0 Å². The molecule has 0 unspecified atom stereocenters. The molecule has 1 aromatic heterocycles. The fraction of sp³-hybridized carbons (Fsp3) is 0.647. The maximum atomic E-state index is 13.1. The van der Waals surface area contributed by atoms with E-state index < -0.39 is 0 Å². The van der Waals surface area contributed by atoms with Gasteiger partial charge in [0.15, 0.2) is 0 Å². The first kappa shape index (κ1) is 16.0. The van der Waals surface area contributed by atoms with Gasteiger partial charge in [-0.2, -0.15) is 0 Å². The third kappa shape index (κ3) is 3.82. The van der Waals surface area contributed by atoms with Gasteiger partial charge in [-0.25, -0.2) is 0 Å². The molecule has 1 fully saturated rings. The van der Waals surface area contributed by atoms with Crippen LogP contribution in [0.2, 0.25) is 0 Å². The van der Waals surface area contributed by atoms with Gasteiger partial charge in [0.1, 0.15) is 0 Å². The summed E-state index contributed by atoms with van der Waals surface area (Å²) in [4.78, 5) is 19.4. The lowest BCUT2D eigenvalue weighted by molar-refractivity contribution is -0.145. The van der Waals surface area contributed by atoms with E-state index in [4.69, 9.17) is 0 Å². The molecule has 2 heterocycles. The van der Waals surface area contributed by atoms with Crippen molar-refractivity contribution in [2.45, 2.75) is 46.1 Å². The number of hydrogen-bond acceptors (Lipinski definition) is 3. The van der Waals surface area contributed by atoms with Crippen molar-refractivity contribution in [3.8, 4) is 0 Å². The molecule has 1 amide bonds. The number of hydrogen-bond donors (Lipinski definition) is 1. The largest absolute Gasteiger partial charge is 0.337 e. The lowest BCUT2D eigenvalue weighted by Gasteiger charge is -2.39. The zero-order chi connectivity index (χ0) is 15.1. The van der Waals surface area contributed by atoms with Gasteiger partial charge < -0.3 is 10.2 Å². The van der Waals surface area contributed by atoms with Crippen LogP contribution in [0.15, 0.2) is 24.4 Å². The van der Waals surface area contributed by atoms with Crippen molar-refractivity contribution in [2.24, 2.45) is 5.41 Å². The maximum Gasteiger partial charge on any atom is 0.229 e. The molecule has 1 aromatic rings. The quantitative estimate of drug-likeness (QED) is 0.875. The molecule has 0 bridgehead atoms. The number of rotatable bonds is 6. The SMILES string of the molecule is CCCC1(C(=O)N(CC)Cc2ccccn2)CCNCC1. The molecule has 0 aromatic carbocycles. The van der Waals surface area contributed by atoms with Crippen LogP contribution in [0.4, 0.5) is 0 Å². The zero-order valence-corrected chi connectivity index (χ0v) is 13.3. The molecule has 116 valence electrons. The minimum Gasteiger partial charge on any atom is -0.337 e. The molecular formula is C17H27N3O. The van der Waals surface area contributed by atoms with Crippen molar-refractivity contribution in [2.75, 3.05) is 19.6 Å². The van der Waals surface area contributed by atoms with Crippen molar-refractivity contribution >= 4 is 5.91 Å². The number of carbonyl (C=O) groups excluding carboxylic acids is 1. The highest BCUT2D eigenvalue weighted by Crippen LogP contribution is 2.36. The molecule has 2 rings (SSSR count). The van der Waals surface area contributed by atoms with Crippen LogP contribution in [0.1, 0.15) is 45.2 Å². The number of nitrogens with one attached hydrogen (secondary N) is 1. The Kier molecular flexibility index (Phi) is 5.74. The molecule has 0 aliphatic carbocycles. The van der Waals surface area contributed by atoms with E-state index in [0.717, 1.165) is 51.0 Å². The summed E-state index contributed by atoms with van der Waals surface area (Å²) in [5.74, 6) is 0.319. The second-order valence-corrected chi connectivity index (χ2v) is 5.92. The van der Waals surface area contributed by atoms with Crippen LogP contribution in [-0.2, 0) is 11.3 Å². The van der Waals surface area contributed by atoms with Crippen molar-refractivity contribution in [1.29, 1.82) is 0 Å². The zero-order valence-electron chi connectivity index (χ0n) is 13.3. The Bertz CT molecular complexity index is 435. The van der Waals surface area contributed by atoms with Gasteiger partial charge in [-0.05, 0) is 51.4 Å². The van der Waals surface area contributed by atoms with Gasteiger partial charge in [0.05, 0.1) is 17.7 Å². The topological polar surface area (TPSA) is 45.2 Å². The first-order valence-corrected chi connectivity index (χ1v) is 8.12. The summed E-state index contributed by atoms with van der Waals surface area (Å²) in [6.45, 7) is 7.50. The van der Waals surface area contributed by atoms with Crippen molar-refractivity contribution in [1.82, 2.24) is 15.2 Å². The molecule has 4 heteroatoms. The molecule has 0 atom stereocenters. The average molecular weight is 289 g/mol. The summed E-state index contributed by atoms with van der Waals surface area (Å²) in [5, 5.41) is 3.38. The van der Waals surface area contributed by atoms with Crippen molar-refractivity contribution in [3.05, 3.63) is 30.1 Å². The second-order valence-electron chi connectivity index (χ2n) is 5.92. The van der Waals surface area contributed by atoms with Gasteiger partial charge in [0.2, 0.25) is 5.91 Å². The van der Waals surface area contributed by atoms with Crippen molar-refractivity contribution < 1.29 is 4.79 Å². The molecule has 0 spiro atoms. The fourth-order valence-corrected chi connectivity index (χ4v) is 3.30. The summed E-state index contributed by atoms with van der Waals surface area (Å²) in [7, 11) is 0. The second kappa shape index (κ2) is 7.55. The third-order valence-electron chi connectivity index (χ3n) is 4.49. The molecule has 0 saturated carbocycles. The number of piperidine rings is 1. The number of carbonyl (C=O) groups is 1. The standard InChI is InChI=1S/C17H27N3O/c1-3-8-17(9-12-18-13-10-17)16(21)20(4-2)14-15-7-5-6-11-19-15/h5-7,11,18H,3-4,8-10,12-14H2,1-2H3. The summed E-state index contributed by atoms with van der Waals surface area (Å²) in [6.07, 6.45) is 5.76. The third-order valence-corrected chi connectivity index (χ3v) is 4.49. The average Bonchev–Trinajstić information content (AvgIpc) is 2.54. The van der Waals surface area contributed by atoms with Crippen LogP contribution in [0, 0.1) is 5.41 Å². The van der Waals surface area contributed by atoms with E-state index in [-0.39, 0.29) is 5.41 Å². The van der Waals surface area contributed by atoms with Gasteiger partial charge in [-0.3, -0.25) is 9.78 Å². The Labute approximate surface area is 127 Å². The van der Waals surface area contributed by atoms with E-state index in [2.05, 4.69) is 24.1 Å². The Morgan fingerprint density at radius 3 is 2.67 bits per heavy atom. The monoisotopic (exact) mass is 289 g/mol.